The van der Waals surface area contributed by atoms with E-state index >= 15 is 0 Å². The van der Waals surface area contributed by atoms with Gasteiger partial charge in [0.15, 0.2) is 0 Å². The van der Waals surface area contributed by atoms with Crippen molar-refractivity contribution in [2.75, 3.05) is 0 Å². The monoisotopic (exact) mass is 344 g/mol. The van der Waals surface area contributed by atoms with Crippen LogP contribution in [0.3, 0.4) is 0 Å². The molecular formula is C19H15ClF2N2. The topological polar surface area (TPSA) is 47.6 Å². The molecule has 0 saturated heterocycles. The van der Waals surface area contributed by atoms with Crippen LogP contribution in [0.5, 0.6) is 0 Å². The number of hydrogen-bond acceptors (Lipinski definition) is 2. The van der Waals surface area contributed by atoms with E-state index in [9.17, 15) is 19.3 Å². The Morgan fingerprint density at radius 3 is 2.38 bits per heavy atom. The van der Waals surface area contributed by atoms with E-state index < -0.39 is 11.6 Å². The van der Waals surface area contributed by atoms with Crippen LogP contribution >= 0.6 is 11.6 Å². The summed E-state index contributed by atoms with van der Waals surface area (Å²) in [5, 5.41) is 18.3. The normalized spacial score (nSPS) is 10.3. The van der Waals surface area contributed by atoms with Crippen LogP contribution in [0.25, 0.3) is 0 Å². The van der Waals surface area contributed by atoms with Crippen LogP contribution in [0.2, 0.25) is 5.02 Å². The fourth-order valence-corrected chi connectivity index (χ4v) is 3.01. The lowest BCUT2D eigenvalue weighted by Crippen LogP contribution is -2.04. The Hall–Kier alpha value is -2.43. The molecule has 0 fully saturated rings. The second-order valence-electron chi connectivity index (χ2n) is 5.57. The van der Waals surface area contributed by atoms with Crippen LogP contribution in [0.15, 0.2) is 18.2 Å². The summed E-state index contributed by atoms with van der Waals surface area (Å²) in [6, 6.07) is 7.78. The van der Waals surface area contributed by atoms with E-state index in [0.717, 1.165) is 12.0 Å². The predicted molar refractivity (Wildman–Crippen MR) is 88.8 cm³/mol. The van der Waals surface area contributed by atoms with Crippen LogP contribution in [0, 0.1) is 41.2 Å². The Morgan fingerprint density at radius 2 is 1.79 bits per heavy atom. The van der Waals surface area contributed by atoms with E-state index in [1.165, 1.54) is 18.2 Å². The smallest absolute Gasteiger partial charge is 0.143 e. The van der Waals surface area contributed by atoms with E-state index in [1.807, 2.05) is 19.1 Å². The van der Waals surface area contributed by atoms with Gasteiger partial charge in [-0.1, -0.05) is 24.9 Å². The molecule has 0 aromatic heterocycles. The van der Waals surface area contributed by atoms with Gasteiger partial charge in [-0.3, -0.25) is 0 Å². The van der Waals surface area contributed by atoms with Crippen LogP contribution in [-0.4, -0.2) is 0 Å². The maximum absolute atomic E-state index is 14.0. The second kappa shape index (κ2) is 7.43. The van der Waals surface area contributed by atoms with Gasteiger partial charge in [0.2, 0.25) is 0 Å². The van der Waals surface area contributed by atoms with Gasteiger partial charge >= 0.3 is 0 Å². The van der Waals surface area contributed by atoms with Gasteiger partial charge in [0.1, 0.15) is 17.7 Å². The van der Waals surface area contributed by atoms with Gasteiger partial charge in [-0.2, -0.15) is 10.5 Å². The number of nitriles is 2. The Labute approximate surface area is 144 Å². The van der Waals surface area contributed by atoms with Crippen molar-refractivity contribution in [1.29, 1.82) is 10.5 Å². The zero-order valence-corrected chi connectivity index (χ0v) is 14.1. The number of aryl methyl sites for hydroxylation is 1. The molecule has 0 spiro atoms. The van der Waals surface area contributed by atoms with E-state index in [2.05, 4.69) is 0 Å². The maximum Gasteiger partial charge on any atom is 0.143 e. The first kappa shape index (κ1) is 17.9. The van der Waals surface area contributed by atoms with Gasteiger partial charge in [-0.15, -0.1) is 0 Å². The zero-order chi connectivity index (χ0) is 17.9. The molecule has 0 heterocycles. The predicted octanol–water partition coefficient (Wildman–Crippen LogP) is 5.21. The number of halogens is 3. The van der Waals surface area contributed by atoms with Gasteiger partial charge < -0.3 is 0 Å². The molecule has 0 saturated carbocycles. The standard InChI is InChI=1S/C19H15ClF2N2/c1-3-4-12-5-15(21)6-14(9-23)16(12)7-13-8-18(22)19(20)17(10-24)11(13)2/h5-6,8H,3-4,7H2,1-2H3. The van der Waals surface area contributed by atoms with E-state index in [4.69, 9.17) is 11.6 Å². The molecule has 122 valence electrons. The summed E-state index contributed by atoms with van der Waals surface area (Å²) in [6.45, 7) is 3.65. The lowest BCUT2D eigenvalue weighted by Gasteiger charge is -2.15. The van der Waals surface area contributed by atoms with Gasteiger partial charge in [0, 0.05) is 0 Å². The Kier molecular flexibility index (Phi) is 5.54. The molecule has 0 atom stereocenters. The van der Waals surface area contributed by atoms with Crippen molar-refractivity contribution in [2.45, 2.75) is 33.1 Å². The molecule has 0 amide bonds. The molecule has 0 radical (unpaired) electrons. The molecule has 0 aliphatic heterocycles. The molecule has 0 bridgehead atoms. The third kappa shape index (κ3) is 3.40. The Bertz CT molecular complexity index is 877. The van der Waals surface area contributed by atoms with E-state index in [0.29, 0.717) is 23.1 Å². The molecule has 5 heteroatoms. The van der Waals surface area contributed by atoms with Crippen molar-refractivity contribution in [3.05, 3.63) is 68.2 Å². The summed E-state index contributed by atoms with van der Waals surface area (Å²) >= 11 is 5.83. The van der Waals surface area contributed by atoms with Crippen LogP contribution in [-0.2, 0) is 12.8 Å². The minimum atomic E-state index is -0.675. The van der Waals surface area contributed by atoms with Crippen molar-refractivity contribution in [1.82, 2.24) is 0 Å². The van der Waals surface area contributed by atoms with Crippen LogP contribution in [0.1, 0.15) is 46.7 Å². The summed E-state index contributed by atoms with van der Waals surface area (Å²) in [7, 11) is 0. The maximum atomic E-state index is 14.0. The minimum Gasteiger partial charge on any atom is -0.207 e. The summed E-state index contributed by atoms with van der Waals surface area (Å²) in [5.41, 5.74) is 2.83. The molecule has 24 heavy (non-hydrogen) atoms. The fourth-order valence-electron chi connectivity index (χ4n) is 2.77. The highest BCUT2D eigenvalue weighted by Gasteiger charge is 2.17. The van der Waals surface area contributed by atoms with Crippen molar-refractivity contribution >= 4 is 11.6 Å². The first-order chi connectivity index (χ1) is 11.4. The van der Waals surface area contributed by atoms with Crippen molar-refractivity contribution < 1.29 is 8.78 Å². The van der Waals surface area contributed by atoms with Crippen molar-refractivity contribution in [3.8, 4) is 12.1 Å². The molecule has 0 unspecified atom stereocenters. The average molecular weight is 345 g/mol. The Balaban J connectivity index is 2.63. The van der Waals surface area contributed by atoms with E-state index in [1.54, 1.807) is 6.92 Å². The lowest BCUT2D eigenvalue weighted by molar-refractivity contribution is 0.621. The largest absolute Gasteiger partial charge is 0.207 e. The molecule has 2 rings (SSSR count). The molecule has 2 nitrogen and oxygen atoms in total. The minimum absolute atomic E-state index is 0.0873. The molecule has 2 aromatic rings. The highest BCUT2D eigenvalue weighted by atomic mass is 35.5. The number of benzene rings is 2. The zero-order valence-electron chi connectivity index (χ0n) is 13.4. The number of nitrogens with zero attached hydrogens (tertiary/aromatic N) is 2. The second-order valence-corrected chi connectivity index (χ2v) is 5.95. The summed E-state index contributed by atoms with van der Waals surface area (Å²) < 4.78 is 27.7. The van der Waals surface area contributed by atoms with Gasteiger partial charge in [0.25, 0.3) is 0 Å². The molecule has 0 N–H and O–H groups in total. The van der Waals surface area contributed by atoms with E-state index in [-0.39, 0.29) is 22.6 Å². The number of rotatable bonds is 4. The fraction of sp³-hybridized carbons (Fsp3) is 0.263. The third-order valence-corrected chi connectivity index (χ3v) is 4.38. The highest BCUT2D eigenvalue weighted by Crippen LogP contribution is 2.29. The van der Waals surface area contributed by atoms with Gasteiger partial charge in [-0.05, 0) is 60.2 Å². The molecular weight excluding hydrogens is 330 g/mol. The summed E-state index contributed by atoms with van der Waals surface area (Å²) in [5.74, 6) is -1.14. The third-order valence-electron chi connectivity index (χ3n) is 4.01. The van der Waals surface area contributed by atoms with Gasteiger partial charge in [-0.25, -0.2) is 8.78 Å². The molecule has 0 aliphatic carbocycles. The average Bonchev–Trinajstić information content (AvgIpc) is 2.55. The number of hydrogen-bond donors (Lipinski definition) is 0. The van der Waals surface area contributed by atoms with Gasteiger partial charge in [0.05, 0.1) is 22.2 Å². The Morgan fingerprint density at radius 1 is 1.08 bits per heavy atom. The lowest BCUT2D eigenvalue weighted by atomic mass is 9.90. The van der Waals surface area contributed by atoms with Crippen LogP contribution in [0.4, 0.5) is 8.78 Å². The summed E-state index contributed by atoms with van der Waals surface area (Å²) in [4.78, 5) is 0. The first-order valence-electron chi connectivity index (χ1n) is 7.51. The molecule has 0 aliphatic rings. The summed E-state index contributed by atoms with van der Waals surface area (Å²) in [6.07, 6.45) is 1.65. The van der Waals surface area contributed by atoms with Crippen molar-refractivity contribution in [3.63, 3.8) is 0 Å². The first-order valence-corrected chi connectivity index (χ1v) is 7.89. The quantitative estimate of drug-likeness (QED) is 0.764. The highest BCUT2D eigenvalue weighted by molar-refractivity contribution is 6.32. The molecule has 2 aromatic carbocycles. The van der Waals surface area contributed by atoms with Crippen molar-refractivity contribution in [2.24, 2.45) is 0 Å². The van der Waals surface area contributed by atoms with Crippen LogP contribution < -0.4 is 0 Å². The SMILES string of the molecule is CCCc1cc(F)cc(C#N)c1Cc1cc(F)c(Cl)c(C#N)c1C.